The maximum absolute atomic E-state index is 13.0. The van der Waals surface area contributed by atoms with Gasteiger partial charge in [-0.05, 0) is 55.2 Å². The lowest BCUT2D eigenvalue weighted by atomic mass is 10.0. The quantitative estimate of drug-likeness (QED) is 0.501. The number of rotatable bonds is 8. The van der Waals surface area contributed by atoms with E-state index >= 15 is 0 Å². The molecule has 4 rings (SSSR count). The van der Waals surface area contributed by atoms with Gasteiger partial charge >= 0.3 is 0 Å². The molecule has 0 spiro atoms. The molecular formula is C24H27N5O3. The first-order valence-electron chi connectivity index (χ1n) is 10.7. The van der Waals surface area contributed by atoms with E-state index in [1.807, 2.05) is 32.0 Å². The van der Waals surface area contributed by atoms with Gasteiger partial charge in [0.25, 0.3) is 5.91 Å². The highest BCUT2D eigenvalue weighted by atomic mass is 16.5. The van der Waals surface area contributed by atoms with E-state index in [0.717, 1.165) is 24.2 Å². The van der Waals surface area contributed by atoms with E-state index in [2.05, 4.69) is 25.8 Å². The number of H-pyrrole nitrogens is 1. The minimum absolute atomic E-state index is 0.102. The Hall–Kier alpha value is -3.68. The summed E-state index contributed by atoms with van der Waals surface area (Å²) in [5, 5.41) is 13.1. The summed E-state index contributed by atoms with van der Waals surface area (Å²) in [7, 11) is 1.57. The molecule has 0 saturated heterocycles. The van der Waals surface area contributed by atoms with Gasteiger partial charge < -0.3 is 15.4 Å². The number of aromatic amines is 1. The molecule has 3 N–H and O–H groups in total. The molecule has 0 bridgehead atoms. The van der Waals surface area contributed by atoms with Gasteiger partial charge in [0.2, 0.25) is 5.91 Å². The monoisotopic (exact) mass is 433 g/mol. The highest BCUT2D eigenvalue weighted by molar-refractivity contribution is 6.01. The van der Waals surface area contributed by atoms with Gasteiger partial charge in [-0.1, -0.05) is 26.0 Å². The lowest BCUT2D eigenvalue weighted by molar-refractivity contribution is -0.118. The number of ether oxygens (including phenoxy) is 1. The molecule has 166 valence electrons. The Kier molecular flexibility index (Phi) is 6.20. The number of aromatic nitrogens is 3. The number of carbonyl (C=O) groups excluding carboxylic acids is 2. The van der Waals surface area contributed by atoms with Gasteiger partial charge in [-0.15, -0.1) is 0 Å². The Morgan fingerprint density at radius 3 is 2.53 bits per heavy atom. The van der Waals surface area contributed by atoms with Crippen LogP contribution in [0.2, 0.25) is 0 Å². The fraction of sp³-hybridized carbons (Fsp3) is 0.333. The van der Waals surface area contributed by atoms with Gasteiger partial charge in [-0.3, -0.25) is 14.7 Å². The molecule has 2 aromatic carbocycles. The van der Waals surface area contributed by atoms with Crippen LogP contribution in [0.15, 0.2) is 48.5 Å². The molecule has 1 saturated carbocycles. The highest BCUT2D eigenvalue weighted by Gasteiger charge is 2.28. The summed E-state index contributed by atoms with van der Waals surface area (Å²) in [5.41, 5.74) is 1.89. The SMILES string of the molecule is COc1ccc(C(=O)NC(C(=O)Nc2cccc(-c3n[nH]c(C4CC4)n3)c2)C(C)C)cc1. The predicted octanol–water partition coefficient (Wildman–Crippen LogP) is 3.75. The number of nitrogens with zero attached hydrogens (tertiary/aromatic N) is 2. The van der Waals surface area contributed by atoms with Crippen molar-refractivity contribution >= 4 is 17.5 Å². The van der Waals surface area contributed by atoms with Crippen LogP contribution < -0.4 is 15.4 Å². The Morgan fingerprint density at radius 2 is 1.88 bits per heavy atom. The molecule has 32 heavy (non-hydrogen) atoms. The zero-order valence-electron chi connectivity index (χ0n) is 18.4. The van der Waals surface area contributed by atoms with Gasteiger partial charge in [-0.2, -0.15) is 5.10 Å². The Balaban J connectivity index is 1.44. The van der Waals surface area contributed by atoms with E-state index < -0.39 is 6.04 Å². The van der Waals surface area contributed by atoms with Crippen molar-refractivity contribution in [3.8, 4) is 17.1 Å². The molecule has 1 aliphatic rings. The molecule has 2 amide bonds. The number of anilines is 1. The molecule has 0 aliphatic heterocycles. The van der Waals surface area contributed by atoms with E-state index in [1.165, 1.54) is 0 Å². The third kappa shape index (κ3) is 4.96. The van der Waals surface area contributed by atoms with Crippen molar-refractivity contribution in [1.82, 2.24) is 20.5 Å². The number of methoxy groups -OCH3 is 1. The zero-order valence-corrected chi connectivity index (χ0v) is 18.4. The van der Waals surface area contributed by atoms with E-state index in [4.69, 9.17) is 4.74 Å². The van der Waals surface area contributed by atoms with Gasteiger partial charge in [0, 0.05) is 22.7 Å². The maximum atomic E-state index is 13.0. The van der Waals surface area contributed by atoms with Crippen LogP contribution in [0.1, 0.15) is 48.8 Å². The molecule has 1 aliphatic carbocycles. The molecule has 1 atom stereocenters. The summed E-state index contributed by atoms with van der Waals surface area (Å²) in [4.78, 5) is 30.2. The number of hydrogen-bond donors (Lipinski definition) is 3. The zero-order chi connectivity index (χ0) is 22.7. The first-order valence-corrected chi connectivity index (χ1v) is 10.7. The molecule has 3 aromatic rings. The summed E-state index contributed by atoms with van der Waals surface area (Å²) in [6.45, 7) is 3.78. The first kappa shape index (κ1) is 21.5. The number of carbonyl (C=O) groups is 2. The van der Waals surface area contributed by atoms with Crippen molar-refractivity contribution in [3.05, 3.63) is 59.9 Å². The van der Waals surface area contributed by atoms with E-state index in [-0.39, 0.29) is 17.7 Å². The largest absolute Gasteiger partial charge is 0.497 e. The summed E-state index contributed by atoms with van der Waals surface area (Å²) in [6.07, 6.45) is 2.28. The number of nitrogens with one attached hydrogen (secondary N) is 3. The summed E-state index contributed by atoms with van der Waals surface area (Å²) in [5.74, 6) is 1.97. The van der Waals surface area contributed by atoms with Crippen LogP contribution in [0.25, 0.3) is 11.4 Å². The molecule has 1 unspecified atom stereocenters. The topological polar surface area (TPSA) is 109 Å². The molecular weight excluding hydrogens is 406 g/mol. The summed E-state index contributed by atoms with van der Waals surface area (Å²) >= 11 is 0. The minimum Gasteiger partial charge on any atom is -0.497 e. The molecule has 1 heterocycles. The van der Waals surface area contributed by atoms with Gasteiger partial charge in [-0.25, -0.2) is 4.98 Å². The Morgan fingerprint density at radius 1 is 1.12 bits per heavy atom. The number of benzene rings is 2. The number of amides is 2. The minimum atomic E-state index is -0.696. The lowest BCUT2D eigenvalue weighted by Crippen LogP contribution is -2.47. The van der Waals surface area contributed by atoms with Crippen molar-refractivity contribution in [2.45, 2.75) is 38.6 Å². The van der Waals surface area contributed by atoms with Gasteiger partial charge in [0.1, 0.15) is 17.6 Å². The van der Waals surface area contributed by atoms with Crippen molar-refractivity contribution < 1.29 is 14.3 Å². The standard InChI is InChI=1S/C24H27N5O3/c1-14(2)20(26-23(30)16-9-11-19(32-3)12-10-16)24(31)25-18-6-4-5-17(13-18)22-27-21(28-29-22)15-7-8-15/h4-6,9-15,20H,7-8H2,1-3H3,(H,25,31)(H,26,30)(H,27,28,29). The second-order valence-electron chi connectivity index (χ2n) is 8.31. The van der Waals surface area contributed by atoms with Crippen molar-refractivity contribution in [3.63, 3.8) is 0 Å². The lowest BCUT2D eigenvalue weighted by Gasteiger charge is -2.22. The summed E-state index contributed by atoms with van der Waals surface area (Å²) < 4.78 is 5.12. The Labute approximate surface area is 186 Å². The molecule has 1 aromatic heterocycles. The van der Waals surface area contributed by atoms with Crippen molar-refractivity contribution in [2.75, 3.05) is 12.4 Å². The third-order valence-corrected chi connectivity index (χ3v) is 5.44. The average molecular weight is 434 g/mol. The fourth-order valence-electron chi connectivity index (χ4n) is 3.40. The third-order valence-electron chi connectivity index (χ3n) is 5.44. The molecule has 8 nitrogen and oxygen atoms in total. The fourth-order valence-corrected chi connectivity index (χ4v) is 3.40. The van der Waals surface area contributed by atoms with E-state index in [0.29, 0.717) is 28.7 Å². The van der Waals surface area contributed by atoms with Crippen LogP contribution in [0.4, 0.5) is 5.69 Å². The second kappa shape index (κ2) is 9.21. The highest BCUT2D eigenvalue weighted by Crippen LogP contribution is 2.38. The average Bonchev–Trinajstić information content (AvgIpc) is 3.53. The normalized spacial score (nSPS) is 14.1. The van der Waals surface area contributed by atoms with Crippen LogP contribution >= 0.6 is 0 Å². The van der Waals surface area contributed by atoms with Crippen LogP contribution in [-0.2, 0) is 4.79 Å². The molecule has 8 heteroatoms. The van der Waals surface area contributed by atoms with Crippen LogP contribution in [0.5, 0.6) is 5.75 Å². The first-order chi connectivity index (χ1) is 15.4. The van der Waals surface area contributed by atoms with Crippen LogP contribution in [-0.4, -0.2) is 40.1 Å². The van der Waals surface area contributed by atoms with Gasteiger partial charge in [0.05, 0.1) is 7.11 Å². The second-order valence-corrected chi connectivity index (χ2v) is 8.31. The summed E-state index contributed by atoms with van der Waals surface area (Å²) in [6, 6.07) is 13.4. The maximum Gasteiger partial charge on any atom is 0.251 e. The van der Waals surface area contributed by atoms with Gasteiger partial charge in [0.15, 0.2) is 5.82 Å². The Bertz CT molecular complexity index is 1100. The number of hydrogen-bond acceptors (Lipinski definition) is 5. The molecule has 0 radical (unpaired) electrons. The van der Waals surface area contributed by atoms with Crippen molar-refractivity contribution in [1.29, 1.82) is 0 Å². The molecule has 1 fully saturated rings. The van der Waals surface area contributed by atoms with E-state index in [1.54, 1.807) is 37.4 Å². The smallest absolute Gasteiger partial charge is 0.251 e. The van der Waals surface area contributed by atoms with Crippen LogP contribution in [0, 0.1) is 5.92 Å². The van der Waals surface area contributed by atoms with Crippen molar-refractivity contribution in [2.24, 2.45) is 5.92 Å². The predicted molar refractivity (Wildman–Crippen MR) is 122 cm³/mol. The van der Waals surface area contributed by atoms with Crippen LogP contribution in [0.3, 0.4) is 0 Å². The van der Waals surface area contributed by atoms with E-state index in [9.17, 15) is 9.59 Å².